The third kappa shape index (κ3) is 5.93. The van der Waals surface area contributed by atoms with E-state index >= 15 is 0 Å². The van der Waals surface area contributed by atoms with Crippen molar-refractivity contribution in [3.05, 3.63) is 34.3 Å². The molecule has 1 aromatic rings. The van der Waals surface area contributed by atoms with Crippen molar-refractivity contribution in [2.75, 3.05) is 13.1 Å². The topological polar surface area (TPSA) is 41.1 Å². The largest absolute Gasteiger partial charge is 0.355 e. The minimum atomic E-state index is 0. The number of halogens is 2. The lowest BCUT2D eigenvalue weighted by atomic mass is 10.1. The molecule has 1 aliphatic rings. The Morgan fingerprint density at radius 1 is 1.37 bits per heavy atom. The lowest BCUT2D eigenvalue weighted by Gasteiger charge is -2.11. The number of carbonyl (C=O) groups is 1. The second-order valence-corrected chi connectivity index (χ2v) is 5.64. The van der Waals surface area contributed by atoms with Crippen LogP contribution in [-0.2, 0) is 11.2 Å². The van der Waals surface area contributed by atoms with Crippen molar-refractivity contribution in [3.63, 3.8) is 0 Å². The summed E-state index contributed by atoms with van der Waals surface area (Å²) in [7, 11) is 0. The van der Waals surface area contributed by atoms with Crippen LogP contribution in [0.4, 0.5) is 0 Å². The number of hydrogen-bond acceptors (Lipinski definition) is 2. The van der Waals surface area contributed by atoms with E-state index in [0.717, 1.165) is 24.0 Å². The molecule has 106 valence electrons. The molecule has 3 nitrogen and oxygen atoms in total. The lowest BCUT2D eigenvalue weighted by molar-refractivity contribution is -0.121. The number of hydrogen-bond donors (Lipinski definition) is 2. The van der Waals surface area contributed by atoms with Crippen molar-refractivity contribution in [2.24, 2.45) is 0 Å². The minimum absolute atomic E-state index is 0. The molecule has 19 heavy (non-hydrogen) atoms. The molecule has 2 N–H and O–H groups in total. The van der Waals surface area contributed by atoms with Crippen molar-refractivity contribution < 1.29 is 4.79 Å². The molecule has 1 heterocycles. The smallest absolute Gasteiger partial charge is 0.220 e. The van der Waals surface area contributed by atoms with Gasteiger partial charge in [-0.1, -0.05) is 28.1 Å². The average molecular weight is 348 g/mol. The Hall–Kier alpha value is -0.580. The molecule has 0 bridgehead atoms. The third-order valence-electron chi connectivity index (χ3n) is 3.26. The molecule has 1 unspecified atom stereocenters. The molecule has 0 radical (unpaired) electrons. The van der Waals surface area contributed by atoms with Crippen LogP contribution in [0, 0.1) is 0 Å². The van der Waals surface area contributed by atoms with E-state index < -0.39 is 0 Å². The van der Waals surface area contributed by atoms with Gasteiger partial charge in [0.2, 0.25) is 5.91 Å². The zero-order valence-electron chi connectivity index (χ0n) is 10.8. The average Bonchev–Trinajstić information content (AvgIpc) is 2.89. The number of rotatable bonds is 5. The van der Waals surface area contributed by atoms with Crippen LogP contribution < -0.4 is 10.6 Å². The van der Waals surface area contributed by atoms with E-state index in [1.165, 1.54) is 18.4 Å². The molecule has 1 fully saturated rings. The van der Waals surface area contributed by atoms with Gasteiger partial charge in [-0.25, -0.2) is 0 Å². The van der Waals surface area contributed by atoms with Gasteiger partial charge in [0.05, 0.1) is 0 Å². The summed E-state index contributed by atoms with van der Waals surface area (Å²) in [4.78, 5) is 11.7. The summed E-state index contributed by atoms with van der Waals surface area (Å²) in [5.74, 6) is 0.145. The van der Waals surface area contributed by atoms with Crippen LogP contribution in [0.25, 0.3) is 0 Å². The Morgan fingerprint density at radius 2 is 2.11 bits per heavy atom. The number of amides is 1. The number of aryl methyl sites for hydroxylation is 1. The van der Waals surface area contributed by atoms with Gasteiger partial charge in [-0.3, -0.25) is 4.79 Å². The molecule has 0 saturated carbocycles. The molecule has 5 heteroatoms. The van der Waals surface area contributed by atoms with E-state index in [1.54, 1.807) is 0 Å². The van der Waals surface area contributed by atoms with Gasteiger partial charge in [-0.05, 0) is 43.5 Å². The van der Waals surface area contributed by atoms with Crippen molar-refractivity contribution in [2.45, 2.75) is 31.7 Å². The molecule has 1 saturated heterocycles. The predicted molar refractivity (Wildman–Crippen MR) is 83.7 cm³/mol. The Kier molecular flexibility index (Phi) is 7.42. The van der Waals surface area contributed by atoms with E-state index in [-0.39, 0.29) is 18.3 Å². The first-order chi connectivity index (χ1) is 8.74. The first kappa shape index (κ1) is 16.5. The van der Waals surface area contributed by atoms with E-state index in [1.807, 2.05) is 12.1 Å². The van der Waals surface area contributed by atoms with Crippen LogP contribution in [0.1, 0.15) is 24.8 Å². The van der Waals surface area contributed by atoms with Crippen LogP contribution in [0.5, 0.6) is 0 Å². The highest BCUT2D eigenvalue weighted by atomic mass is 79.9. The highest BCUT2D eigenvalue weighted by molar-refractivity contribution is 9.10. The van der Waals surface area contributed by atoms with E-state index in [9.17, 15) is 4.79 Å². The van der Waals surface area contributed by atoms with Gasteiger partial charge in [-0.15, -0.1) is 12.4 Å². The maximum atomic E-state index is 11.7. The van der Waals surface area contributed by atoms with Crippen molar-refractivity contribution in [1.82, 2.24) is 10.6 Å². The Morgan fingerprint density at radius 3 is 2.74 bits per heavy atom. The Balaban J connectivity index is 0.00000180. The molecule has 0 aromatic heterocycles. The SMILES string of the molecule is Cl.O=C(CCc1ccc(Br)cc1)NCC1CCCN1. The van der Waals surface area contributed by atoms with Crippen molar-refractivity contribution in [3.8, 4) is 0 Å². The fourth-order valence-electron chi connectivity index (χ4n) is 2.17. The summed E-state index contributed by atoms with van der Waals surface area (Å²) < 4.78 is 1.07. The molecule has 0 spiro atoms. The van der Waals surface area contributed by atoms with Crippen molar-refractivity contribution in [1.29, 1.82) is 0 Å². The van der Waals surface area contributed by atoms with Crippen LogP contribution in [0.3, 0.4) is 0 Å². The van der Waals surface area contributed by atoms with Gasteiger partial charge in [0, 0.05) is 23.5 Å². The normalized spacial score (nSPS) is 17.8. The van der Waals surface area contributed by atoms with E-state index in [2.05, 4.69) is 38.7 Å². The predicted octanol–water partition coefficient (Wildman–Crippen LogP) is 2.67. The second-order valence-electron chi connectivity index (χ2n) is 4.72. The standard InChI is InChI=1S/C14H19BrN2O.ClH/c15-12-6-3-11(4-7-12)5-8-14(18)17-10-13-2-1-9-16-13;/h3-4,6-7,13,16H,1-2,5,8-10H2,(H,17,18);1H. The monoisotopic (exact) mass is 346 g/mol. The molecule has 1 aromatic carbocycles. The maximum Gasteiger partial charge on any atom is 0.220 e. The summed E-state index contributed by atoms with van der Waals surface area (Å²) in [5, 5.41) is 6.37. The van der Waals surface area contributed by atoms with Gasteiger partial charge < -0.3 is 10.6 Å². The first-order valence-corrected chi connectivity index (χ1v) is 7.28. The molecule has 1 atom stereocenters. The van der Waals surface area contributed by atoms with Gasteiger partial charge in [-0.2, -0.15) is 0 Å². The van der Waals surface area contributed by atoms with Crippen LogP contribution >= 0.6 is 28.3 Å². The van der Waals surface area contributed by atoms with Crippen LogP contribution in [0.2, 0.25) is 0 Å². The van der Waals surface area contributed by atoms with Gasteiger partial charge >= 0.3 is 0 Å². The highest BCUT2D eigenvalue weighted by Gasteiger charge is 2.14. The highest BCUT2D eigenvalue weighted by Crippen LogP contribution is 2.11. The van der Waals surface area contributed by atoms with Gasteiger partial charge in [0.15, 0.2) is 0 Å². The molecule has 1 aliphatic heterocycles. The fraction of sp³-hybridized carbons (Fsp3) is 0.500. The van der Waals surface area contributed by atoms with Gasteiger partial charge in [0.25, 0.3) is 0 Å². The van der Waals surface area contributed by atoms with Crippen LogP contribution in [-0.4, -0.2) is 25.0 Å². The van der Waals surface area contributed by atoms with E-state index in [0.29, 0.717) is 12.5 Å². The zero-order chi connectivity index (χ0) is 12.8. The lowest BCUT2D eigenvalue weighted by Crippen LogP contribution is -2.37. The first-order valence-electron chi connectivity index (χ1n) is 6.48. The molecule has 0 aliphatic carbocycles. The zero-order valence-corrected chi connectivity index (χ0v) is 13.2. The van der Waals surface area contributed by atoms with Crippen LogP contribution in [0.15, 0.2) is 28.7 Å². The molecule has 1 amide bonds. The summed E-state index contributed by atoms with van der Waals surface area (Å²) in [6.45, 7) is 1.85. The quantitative estimate of drug-likeness (QED) is 0.860. The third-order valence-corrected chi connectivity index (χ3v) is 3.79. The summed E-state index contributed by atoms with van der Waals surface area (Å²) in [6.07, 6.45) is 3.76. The summed E-state index contributed by atoms with van der Waals surface area (Å²) in [6, 6.07) is 8.60. The maximum absolute atomic E-state index is 11.7. The molecular weight excluding hydrogens is 328 g/mol. The molecular formula is C14H20BrClN2O. The summed E-state index contributed by atoms with van der Waals surface area (Å²) in [5.41, 5.74) is 1.20. The number of nitrogens with one attached hydrogen (secondary N) is 2. The van der Waals surface area contributed by atoms with Crippen molar-refractivity contribution >= 4 is 34.2 Å². The second kappa shape index (κ2) is 8.56. The fourth-order valence-corrected chi connectivity index (χ4v) is 2.43. The number of carbonyl (C=O) groups excluding carboxylic acids is 1. The van der Waals surface area contributed by atoms with Gasteiger partial charge in [0.1, 0.15) is 0 Å². The summed E-state index contributed by atoms with van der Waals surface area (Å²) >= 11 is 3.40. The Labute approximate surface area is 129 Å². The molecule has 2 rings (SSSR count). The Bertz CT molecular complexity index is 391. The minimum Gasteiger partial charge on any atom is -0.355 e. The number of benzene rings is 1. The van der Waals surface area contributed by atoms with E-state index in [4.69, 9.17) is 0 Å².